The number of amides is 4. The van der Waals surface area contributed by atoms with E-state index in [0.29, 0.717) is 62.6 Å². The summed E-state index contributed by atoms with van der Waals surface area (Å²) in [4.78, 5) is 84.7. The Morgan fingerprint density at radius 1 is 1.03 bits per heavy atom. The van der Waals surface area contributed by atoms with E-state index in [2.05, 4.69) is 48.9 Å². The normalized spacial score (nSPS) is 23.2. The van der Waals surface area contributed by atoms with Gasteiger partial charge in [-0.3, -0.25) is 29.1 Å². The fourth-order valence-electron chi connectivity index (χ4n) is 10.9. The number of nitrogens with zero attached hydrogens (tertiary/aromatic N) is 7. The van der Waals surface area contributed by atoms with Crippen LogP contribution in [0.5, 0.6) is 5.75 Å². The smallest absolute Gasteiger partial charge is 0.355 e. The van der Waals surface area contributed by atoms with Crippen molar-refractivity contribution in [3.8, 4) is 40.0 Å². The van der Waals surface area contributed by atoms with Crippen LogP contribution in [-0.2, 0) is 57.6 Å². The Balaban J connectivity index is 1.14. The second kappa shape index (κ2) is 22.4. The molecule has 20 heteroatoms. The average molecular weight is 1030 g/mol. The van der Waals surface area contributed by atoms with Gasteiger partial charge >= 0.3 is 5.97 Å². The molecular weight excluding hydrogens is 963 g/mol. The summed E-state index contributed by atoms with van der Waals surface area (Å²) in [6, 6.07) is 8.40. The molecule has 0 unspecified atom stereocenters. The number of β-amino-alcohol motifs (C(OH)–C–C–N with tert-alkyl or cyclic N) is 1. The van der Waals surface area contributed by atoms with E-state index >= 15 is 0 Å². The van der Waals surface area contributed by atoms with Gasteiger partial charge in [0, 0.05) is 94.2 Å². The zero-order chi connectivity index (χ0) is 54.0. The maximum atomic E-state index is 14.9. The Morgan fingerprint density at radius 3 is 2.51 bits per heavy atom. The van der Waals surface area contributed by atoms with Crippen molar-refractivity contribution in [2.45, 2.75) is 110 Å². The van der Waals surface area contributed by atoms with E-state index in [1.807, 2.05) is 45.0 Å². The highest BCUT2D eigenvalue weighted by Gasteiger charge is 2.49. The summed E-state index contributed by atoms with van der Waals surface area (Å²) in [5.74, 6) is 1.16. The first-order chi connectivity index (χ1) is 35.7. The van der Waals surface area contributed by atoms with E-state index in [0.717, 1.165) is 43.2 Å². The van der Waals surface area contributed by atoms with Gasteiger partial charge in [0.2, 0.25) is 11.6 Å². The molecule has 2 aromatic carbocycles. The predicted molar refractivity (Wildman–Crippen MR) is 277 cm³/mol. The molecule has 6 bridgehead atoms. The lowest BCUT2D eigenvalue weighted by Crippen LogP contribution is -2.67. The number of phenols is 1. The molecule has 6 heterocycles. The molecule has 3 fully saturated rings. The SMILES string of the molecule is CCn1c(-c2cncnc2[C@H](C)OC)c2c3cc(ccc31)-c1cc(O)cc(c1)C[C@H](NC(=O)[C@H](C(C)C)N(C)C(=O)[C@@]1(O)CCN(C(=O)C#CCN3CCOCC3)C1)C(=O)N1CCC[C@@](O)(N1)C(=O)OCC(C)(C)C2. The number of esters is 1. The van der Waals surface area contributed by atoms with Crippen molar-refractivity contribution < 1.29 is 53.5 Å². The molecule has 0 aliphatic carbocycles. The van der Waals surface area contributed by atoms with Gasteiger partial charge in [-0.25, -0.2) is 14.8 Å². The number of aromatic nitrogens is 3. The number of hydrazine groups is 1. The first-order valence-corrected chi connectivity index (χ1v) is 25.8. The molecule has 4 amide bonds. The number of rotatable bonds is 10. The molecule has 8 rings (SSSR count). The molecule has 4 aromatic rings. The number of hydrogen-bond acceptors (Lipinski definition) is 15. The Hall–Kier alpha value is -6.47. The fraction of sp³-hybridized carbons (Fsp3) is 0.545. The Morgan fingerprint density at radius 2 is 1.79 bits per heavy atom. The van der Waals surface area contributed by atoms with Crippen LogP contribution in [0.15, 0.2) is 48.9 Å². The maximum Gasteiger partial charge on any atom is 0.355 e. The molecule has 0 spiro atoms. The van der Waals surface area contributed by atoms with Crippen molar-refractivity contribution in [1.82, 2.24) is 45.0 Å². The monoisotopic (exact) mass is 1030 g/mol. The third kappa shape index (κ3) is 11.7. The minimum absolute atomic E-state index is 0.0519. The van der Waals surface area contributed by atoms with Crippen LogP contribution >= 0.6 is 0 Å². The molecule has 20 nitrogen and oxygen atoms in total. The van der Waals surface area contributed by atoms with Crippen LogP contribution in [0, 0.1) is 23.2 Å². The Labute approximate surface area is 437 Å². The van der Waals surface area contributed by atoms with Gasteiger partial charge in [0.1, 0.15) is 24.2 Å². The summed E-state index contributed by atoms with van der Waals surface area (Å²) in [5, 5.41) is 40.0. The second-order valence-corrected chi connectivity index (χ2v) is 21.4. The molecular formula is C55H71N9O11. The number of methoxy groups -OCH3 is 1. The quantitative estimate of drug-likeness (QED) is 0.113. The summed E-state index contributed by atoms with van der Waals surface area (Å²) in [5.41, 5.74) is 3.71. The minimum Gasteiger partial charge on any atom is -0.508 e. The third-order valence-corrected chi connectivity index (χ3v) is 14.9. The topological polar surface area (TPSA) is 241 Å². The van der Waals surface area contributed by atoms with Crippen molar-refractivity contribution in [3.05, 3.63) is 65.7 Å². The van der Waals surface area contributed by atoms with Gasteiger partial charge in [-0.05, 0) is 85.0 Å². The predicted octanol–water partition coefficient (Wildman–Crippen LogP) is 2.95. The van der Waals surface area contributed by atoms with Crippen LogP contribution in [0.1, 0.15) is 83.7 Å². The van der Waals surface area contributed by atoms with Gasteiger partial charge in [-0.1, -0.05) is 45.7 Å². The largest absolute Gasteiger partial charge is 0.508 e. The average Bonchev–Trinajstić information content (AvgIpc) is 3.94. The number of hydrogen-bond donors (Lipinski definition) is 5. The van der Waals surface area contributed by atoms with E-state index in [4.69, 9.17) is 14.2 Å². The van der Waals surface area contributed by atoms with E-state index < -0.39 is 64.3 Å². The van der Waals surface area contributed by atoms with Crippen molar-refractivity contribution in [2.75, 3.05) is 73.2 Å². The molecule has 5 atom stereocenters. The zero-order valence-corrected chi connectivity index (χ0v) is 44.3. The number of aryl methyl sites for hydroxylation is 1. The first kappa shape index (κ1) is 54.8. The Kier molecular flexibility index (Phi) is 16.4. The zero-order valence-electron chi connectivity index (χ0n) is 44.3. The number of aromatic hydroxyl groups is 1. The molecule has 3 saturated heterocycles. The van der Waals surface area contributed by atoms with Crippen molar-refractivity contribution >= 4 is 40.5 Å². The highest BCUT2D eigenvalue weighted by Crippen LogP contribution is 2.42. The van der Waals surface area contributed by atoms with Crippen molar-refractivity contribution in [3.63, 3.8) is 0 Å². The van der Waals surface area contributed by atoms with Crippen molar-refractivity contribution in [1.29, 1.82) is 0 Å². The number of fused-ring (bicyclic) bond motifs is 6. The van der Waals surface area contributed by atoms with Gasteiger partial charge in [0.25, 0.3) is 17.7 Å². The summed E-state index contributed by atoms with van der Waals surface area (Å²) in [6.07, 6.45) is 3.16. The molecule has 4 aliphatic heterocycles. The molecule has 402 valence electrons. The first-order valence-electron chi connectivity index (χ1n) is 25.8. The molecule has 4 aliphatic rings. The number of carbonyl (C=O) groups is 5. The number of carbonyl (C=O) groups excluding carboxylic acids is 5. The number of ether oxygens (including phenoxy) is 3. The summed E-state index contributed by atoms with van der Waals surface area (Å²) < 4.78 is 19.3. The number of cyclic esters (lactones) is 1. The summed E-state index contributed by atoms with van der Waals surface area (Å²) in [6.45, 7) is 14.6. The van der Waals surface area contributed by atoms with Crippen LogP contribution in [0.4, 0.5) is 0 Å². The number of benzene rings is 2. The van der Waals surface area contributed by atoms with Crippen molar-refractivity contribution in [2.24, 2.45) is 11.3 Å². The van der Waals surface area contributed by atoms with Gasteiger partial charge in [-0.15, -0.1) is 0 Å². The van der Waals surface area contributed by atoms with Crippen LogP contribution in [-0.4, -0.2) is 176 Å². The number of likely N-dealkylation sites (tertiary alicyclic amines) is 1. The lowest BCUT2D eigenvalue weighted by atomic mass is 9.84. The number of morpholine rings is 1. The second-order valence-electron chi connectivity index (χ2n) is 21.4. The molecule has 5 N–H and O–H groups in total. The van der Waals surface area contributed by atoms with Crippen LogP contribution in [0.2, 0.25) is 0 Å². The molecule has 0 saturated carbocycles. The summed E-state index contributed by atoms with van der Waals surface area (Å²) in [7, 11) is 3.02. The molecule has 75 heavy (non-hydrogen) atoms. The van der Waals surface area contributed by atoms with Gasteiger partial charge in [-0.2, -0.15) is 5.43 Å². The maximum absolute atomic E-state index is 14.9. The number of likely N-dealkylation sites (N-methyl/N-ethyl adjacent to an activating group) is 1. The van der Waals surface area contributed by atoms with E-state index in [-0.39, 0.29) is 63.8 Å². The summed E-state index contributed by atoms with van der Waals surface area (Å²) >= 11 is 0. The standard InChI is InChI=1S/C55H71N9O11/c1-9-63-44-14-13-37-28-40(44)41(48(63)42-30-56-33-57-46(42)35(4)73-8)29-53(5,6)32-75-52(70)55(72)15-11-18-64(59-55)50(68)43(26-36-24-38(37)27-39(65)25-36)58-49(67)47(34(2)3)60(7)51(69)54(71)16-19-62(31-54)45(66)12-10-17-61-20-22-74-23-21-61/h13-14,24-25,27-28,30,33-35,43,47,59,65,71-72H,9,11,15-23,26,29,31-32H2,1-8H3,(H,58,67)/t35-,43-,47-,54+,55-/m0/s1. The molecule has 0 radical (unpaired) electrons. The van der Waals surface area contributed by atoms with Crippen LogP contribution in [0.3, 0.4) is 0 Å². The van der Waals surface area contributed by atoms with Gasteiger partial charge < -0.3 is 49.2 Å². The highest BCUT2D eigenvalue weighted by atomic mass is 16.6. The fourth-order valence-corrected chi connectivity index (χ4v) is 10.9. The van der Waals surface area contributed by atoms with E-state index in [9.17, 15) is 39.3 Å². The van der Waals surface area contributed by atoms with Crippen LogP contribution < -0.4 is 10.7 Å². The number of phenolic OH excluding ortho intramolecular Hbond substituents is 1. The lowest BCUT2D eigenvalue weighted by molar-refractivity contribution is -0.189. The number of nitrogens with one attached hydrogen (secondary N) is 2. The third-order valence-electron chi connectivity index (χ3n) is 14.9. The Bertz CT molecular complexity index is 2890. The number of aliphatic hydroxyl groups is 2. The molecule has 2 aromatic heterocycles. The van der Waals surface area contributed by atoms with Crippen LogP contribution in [0.25, 0.3) is 33.3 Å². The van der Waals surface area contributed by atoms with E-state index in [1.54, 1.807) is 33.2 Å². The minimum atomic E-state index is -2.32. The van der Waals surface area contributed by atoms with Gasteiger partial charge in [0.15, 0.2) is 5.60 Å². The van der Waals surface area contributed by atoms with E-state index in [1.165, 1.54) is 24.3 Å². The lowest BCUT2D eigenvalue weighted by Gasteiger charge is -2.40. The highest BCUT2D eigenvalue weighted by molar-refractivity contribution is 5.98. The van der Waals surface area contributed by atoms with Gasteiger partial charge in [0.05, 0.1) is 50.4 Å².